The lowest BCUT2D eigenvalue weighted by atomic mass is 9.90. The second-order valence-corrected chi connectivity index (χ2v) is 12.9. The number of benzene rings is 1. The Morgan fingerprint density at radius 3 is 2.15 bits per heavy atom. The Hall–Kier alpha value is -3.35. The number of nitrogens with zero attached hydrogens (tertiary/aromatic N) is 2. The van der Waals surface area contributed by atoms with Crippen LogP contribution in [0.4, 0.5) is 0 Å². The maximum atomic E-state index is 13.9. The average Bonchev–Trinajstić information content (AvgIpc) is 3.55. The van der Waals surface area contributed by atoms with Gasteiger partial charge in [0, 0.05) is 33.4 Å². The van der Waals surface area contributed by atoms with Crippen LogP contribution in [0.5, 0.6) is 0 Å². The number of ether oxygens (including phenoxy) is 2. The first-order chi connectivity index (χ1) is 22.3. The zero-order chi connectivity index (χ0) is 35.3. The van der Waals surface area contributed by atoms with Gasteiger partial charge < -0.3 is 35.2 Å². The number of carbonyl (C=O) groups excluding carboxylic acids is 5. The van der Waals surface area contributed by atoms with Gasteiger partial charge in [-0.2, -0.15) is 0 Å². The molecule has 12 heteroatoms. The molecule has 1 saturated heterocycles. The molecule has 0 radical (unpaired) electrons. The van der Waals surface area contributed by atoms with Crippen LogP contribution < -0.4 is 16.0 Å². The first kappa shape index (κ1) is 39.8. The molecule has 6 unspecified atom stereocenters. The molecule has 1 fully saturated rings. The van der Waals surface area contributed by atoms with Gasteiger partial charge in [0.25, 0.3) is 0 Å². The van der Waals surface area contributed by atoms with Crippen LogP contribution in [-0.4, -0.2) is 117 Å². The minimum atomic E-state index is -0.620. The van der Waals surface area contributed by atoms with Crippen molar-refractivity contribution in [3.63, 3.8) is 0 Å². The number of rotatable bonds is 19. The monoisotopic (exact) mass is 659 g/mol. The Morgan fingerprint density at radius 2 is 1.60 bits per heavy atom. The number of likely N-dealkylation sites (tertiary alicyclic amines) is 1. The fourth-order valence-electron chi connectivity index (χ4n) is 6.54. The third-order valence-electron chi connectivity index (χ3n) is 9.50. The van der Waals surface area contributed by atoms with E-state index in [1.807, 2.05) is 33.8 Å². The normalized spacial score (nSPS) is 18.5. The van der Waals surface area contributed by atoms with Crippen molar-refractivity contribution < 1.29 is 33.4 Å². The largest absolute Gasteiger partial charge is 0.379 e. The minimum absolute atomic E-state index is 0.00142. The summed E-state index contributed by atoms with van der Waals surface area (Å²) < 4.78 is 11.7. The molecule has 7 atom stereocenters. The standard InChI is InChI=1S/C35H57N5O7/c1-10-23(4)32(39(7)30(43)21-38-35(45)31(36-6)22(2)3)28(46-8)19-29(42)40-18-14-17-26(40)33(47-9)24(5)34(44)37-20-27(41)25-15-12-11-13-16-25/h11-13,15-16,22-24,26,28,31-33,36H,10,14,17-21H2,1-9H3,(H,37,44)(H,38,45)/t23-,24?,26?,28?,31?,32?,33?/m0/s1. The molecule has 0 bridgehead atoms. The van der Waals surface area contributed by atoms with E-state index in [-0.39, 0.29) is 66.8 Å². The Labute approximate surface area is 280 Å². The van der Waals surface area contributed by atoms with Gasteiger partial charge in [-0.05, 0) is 31.7 Å². The van der Waals surface area contributed by atoms with Crippen LogP contribution in [0.2, 0.25) is 0 Å². The first-order valence-electron chi connectivity index (χ1n) is 16.7. The van der Waals surface area contributed by atoms with E-state index in [2.05, 4.69) is 16.0 Å². The summed E-state index contributed by atoms with van der Waals surface area (Å²) >= 11 is 0. The number of carbonyl (C=O) groups is 5. The predicted octanol–water partition coefficient (Wildman–Crippen LogP) is 2.27. The maximum Gasteiger partial charge on any atom is 0.242 e. The summed E-state index contributed by atoms with van der Waals surface area (Å²) in [6.07, 6.45) is 1.01. The molecule has 12 nitrogen and oxygen atoms in total. The number of likely N-dealkylation sites (N-methyl/N-ethyl adjacent to an activating group) is 2. The zero-order valence-corrected chi connectivity index (χ0v) is 29.7. The van der Waals surface area contributed by atoms with E-state index in [1.54, 1.807) is 55.1 Å². The smallest absolute Gasteiger partial charge is 0.242 e. The summed E-state index contributed by atoms with van der Waals surface area (Å²) in [5.74, 6) is -1.76. The molecule has 1 aromatic rings. The predicted molar refractivity (Wildman–Crippen MR) is 181 cm³/mol. The van der Waals surface area contributed by atoms with Gasteiger partial charge in [0.15, 0.2) is 5.78 Å². The van der Waals surface area contributed by atoms with E-state index >= 15 is 0 Å². The van der Waals surface area contributed by atoms with Crippen LogP contribution in [-0.2, 0) is 28.7 Å². The molecule has 1 aliphatic heterocycles. The van der Waals surface area contributed by atoms with Gasteiger partial charge in [-0.25, -0.2) is 0 Å². The molecule has 0 spiro atoms. The molecule has 264 valence electrons. The second kappa shape index (κ2) is 19.5. The number of amides is 4. The number of methoxy groups -OCH3 is 2. The lowest BCUT2D eigenvalue weighted by Gasteiger charge is -2.39. The number of Topliss-reactive ketones (excluding diaryl/α,β-unsaturated/α-hetero) is 1. The number of ketones is 1. The highest BCUT2D eigenvalue weighted by Gasteiger charge is 2.42. The molecule has 0 saturated carbocycles. The minimum Gasteiger partial charge on any atom is -0.379 e. The summed E-state index contributed by atoms with van der Waals surface area (Å²) in [7, 11) is 6.46. The highest BCUT2D eigenvalue weighted by molar-refractivity contribution is 5.99. The molecule has 1 aliphatic rings. The van der Waals surface area contributed by atoms with Crippen molar-refractivity contribution >= 4 is 29.4 Å². The summed E-state index contributed by atoms with van der Waals surface area (Å²) in [5, 5.41) is 8.46. The van der Waals surface area contributed by atoms with Gasteiger partial charge in [0.1, 0.15) is 0 Å². The van der Waals surface area contributed by atoms with Gasteiger partial charge >= 0.3 is 0 Å². The van der Waals surface area contributed by atoms with Gasteiger partial charge in [-0.3, -0.25) is 24.0 Å². The van der Waals surface area contributed by atoms with E-state index in [9.17, 15) is 24.0 Å². The van der Waals surface area contributed by atoms with Gasteiger partial charge in [0.05, 0.1) is 55.8 Å². The van der Waals surface area contributed by atoms with Crippen LogP contribution in [0.25, 0.3) is 0 Å². The quantitative estimate of drug-likeness (QED) is 0.192. The molecule has 3 N–H and O–H groups in total. The van der Waals surface area contributed by atoms with Crippen LogP contribution >= 0.6 is 0 Å². The summed E-state index contributed by atoms with van der Waals surface area (Å²) in [6.45, 7) is 9.85. The third-order valence-corrected chi connectivity index (χ3v) is 9.50. The Bertz CT molecular complexity index is 1180. The van der Waals surface area contributed by atoms with E-state index in [0.29, 0.717) is 18.5 Å². The molecule has 47 heavy (non-hydrogen) atoms. The van der Waals surface area contributed by atoms with Crippen LogP contribution in [0.15, 0.2) is 30.3 Å². The fraction of sp³-hybridized carbons (Fsp3) is 0.686. The SMILES string of the molecule is CC[C@H](C)C(C(CC(=O)N1CCCC1C(OC)C(C)C(=O)NCC(=O)c1ccccc1)OC)N(C)C(=O)CNC(=O)C(NC)C(C)C. The molecule has 2 rings (SSSR count). The van der Waals surface area contributed by atoms with Crippen molar-refractivity contribution in [2.45, 2.75) is 90.6 Å². The third kappa shape index (κ3) is 10.8. The fourth-order valence-corrected chi connectivity index (χ4v) is 6.54. The highest BCUT2D eigenvalue weighted by atomic mass is 16.5. The molecule has 0 aromatic heterocycles. The van der Waals surface area contributed by atoms with Gasteiger partial charge in [-0.15, -0.1) is 0 Å². The maximum absolute atomic E-state index is 13.9. The molecule has 4 amide bonds. The van der Waals surface area contributed by atoms with Crippen molar-refractivity contribution in [1.29, 1.82) is 0 Å². The lowest BCUT2D eigenvalue weighted by Crippen LogP contribution is -2.55. The average molecular weight is 660 g/mol. The van der Waals surface area contributed by atoms with Crippen molar-refractivity contribution in [2.75, 3.05) is 47.9 Å². The van der Waals surface area contributed by atoms with Crippen molar-refractivity contribution in [1.82, 2.24) is 25.8 Å². The Kier molecular flexibility index (Phi) is 16.5. The number of hydrogen-bond acceptors (Lipinski definition) is 8. The van der Waals surface area contributed by atoms with Crippen LogP contribution in [0.1, 0.15) is 70.7 Å². The molecule has 0 aliphatic carbocycles. The lowest BCUT2D eigenvalue weighted by molar-refractivity contribution is -0.145. The Balaban J connectivity index is 2.12. The van der Waals surface area contributed by atoms with Crippen molar-refractivity contribution in [2.24, 2.45) is 17.8 Å². The van der Waals surface area contributed by atoms with E-state index in [0.717, 1.165) is 12.8 Å². The van der Waals surface area contributed by atoms with E-state index in [1.165, 1.54) is 14.2 Å². The highest BCUT2D eigenvalue weighted by Crippen LogP contribution is 2.29. The van der Waals surface area contributed by atoms with Crippen molar-refractivity contribution in [3.8, 4) is 0 Å². The van der Waals surface area contributed by atoms with Gasteiger partial charge in [0.2, 0.25) is 23.6 Å². The molecule has 1 heterocycles. The topological polar surface area (TPSA) is 146 Å². The second-order valence-electron chi connectivity index (χ2n) is 12.9. The first-order valence-corrected chi connectivity index (χ1v) is 16.7. The Morgan fingerprint density at radius 1 is 0.957 bits per heavy atom. The van der Waals surface area contributed by atoms with Crippen LogP contribution in [0, 0.1) is 17.8 Å². The zero-order valence-electron chi connectivity index (χ0n) is 29.7. The van der Waals surface area contributed by atoms with Gasteiger partial charge in [-0.1, -0.05) is 71.4 Å². The molecular formula is C35H57N5O7. The molecule has 1 aromatic carbocycles. The van der Waals surface area contributed by atoms with E-state index < -0.39 is 30.2 Å². The number of hydrogen-bond donors (Lipinski definition) is 3. The summed E-state index contributed by atoms with van der Waals surface area (Å²) in [5.41, 5.74) is 0.519. The van der Waals surface area contributed by atoms with Crippen molar-refractivity contribution in [3.05, 3.63) is 35.9 Å². The number of nitrogens with one attached hydrogen (secondary N) is 3. The van der Waals surface area contributed by atoms with E-state index in [4.69, 9.17) is 9.47 Å². The summed E-state index contributed by atoms with van der Waals surface area (Å²) in [6, 6.07) is 7.59. The summed E-state index contributed by atoms with van der Waals surface area (Å²) in [4.78, 5) is 68.8. The van der Waals surface area contributed by atoms with Crippen LogP contribution in [0.3, 0.4) is 0 Å². The molecular weight excluding hydrogens is 602 g/mol.